The van der Waals surface area contributed by atoms with Crippen molar-refractivity contribution in [3.05, 3.63) is 106 Å². The van der Waals surface area contributed by atoms with Crippen molar-refractivity contribution in [2.45, 2.75) is 84.5 Å². The Morgan fingerprint density at radius 1 is 0.829 bits per heavy atom. The summed E-state index contributed by atoms with van der Waals surface area (Å²) in [5.41, 5.74) is 10.7. The number of hydrogen-bond acceptors (Lipinski definition) is 1. The second-order valence-electron chi connectivity index (χ2n) is 12.2. The molecule has 2 aromatic carbocycles. The summed E-state index contributed by atoms with van der Waals surface area (Å²) >= 11 is 7.13. The van der Waals surface area contributed by atoms with Gasteiger partial charge in [-0.1, -0.05) is 87.8 Å². The first-order chi connectivity index (χ1) is 18.7. The van der Waals surface area contributed by atoms with Crippen LogP contribution in [0, 0.1) is 0 Å². The first-order valence-electron chi connectivity index (χ1n) is 14.8. The Morgan fingerprint density at radius 2 is 1.51 bits per heavy atom. The van der Waals surface area contributed by atoms with E-state index >= 15 is 0 Å². The Morgan fingerprint density at radius 3 is 2.22 bits per heavy atom. The summed E-state index contributed by atoms with van der Waals surface area (Å²) in [4.78, 5) is 2.51. The summed E-state index contributed by atoms with van der Waals surface area (Å²) in [7, 11) is 0. The van der Waals surface area contributed by atoms with Crippen LogP contribution in [-0.4, -0.2) is 23.4 Å². The lowest BCUT2D eigenvalue weighted by molar-refractivity contribution is -0.437. The Labute approximate surface area is 287 Å². The van der Waals surface area contributed by atoms with E-state index in [4.69, 9.17) is 11.6 Å². The van der Waals surface area contributed by atoms with Crippen LogP contribution in [0.15, 0.2) is 94.7 Å². The molecule has 0 saturated heterocycles. The number of halogens is 3. The quantitative estimate of drug-likeness (QED) is 0.307. The van der Waals surface area contributed by atoms with E-state index in [0.717, 1.165) is 50.2 Å². The molecule has 0 unspecified atom stereocenters. The second-order valence-corrected chi connectivity index (χ2v) is 12.6. The predicted octanol–water partition coefficient (Wildman–Crippen LogP) is 3.73. The fourth-order valence-corrected chi connectivity index (χ4v) is 7.09. The van der Waals surface area contributed by atoms with Crippen molar-refractivity contribution in [3.63, 3.8) is 0 Å². The molecule has 0 fully saturated rings. The molecule has 0 saturated carbocycles. The number of rotatable bonds is 7. The highest BCUT2D eigenvalue weighted by Crippen LogP contribution is 2.48. The highest BCUT2D eigenvalue weighted by atomic mass is 127. The van der Waals surface area contributed by atoms with Crippen molar-refractivity contribution in [3.8, 4) is 0 Å². The summed E-state index contributed by atoms with van der Waals surface area (Å²) in [5, 5.41) is 0.931. The molecule has 5 rings (SSSR count). The topological polar surface area (TPSA) is 6.25 Å². The van der Waals surface area contributed by atoms with Crippen LogP contribution >= 0.6 is 11.6 Å². The first-order valence-corrected chi connectivity index (χ1v) is 15.2. The van der Waals surface area contributed by atoms with Crippen LogP contribution in [0.1, 0.15) is 84.8 Å². The van der Waals surface area contributed by atoms with Gasteiger partial charge >= 0.3 is 0 Å². The van der Waals surface area contributed by atoms with E-state index in [1.165, 1.54) is 45.1 Å². The van der Waals surface area contributed by atoms with Crippen molar-refractivity contribution in [1.82, 2.24) is 0 Å². The SMILES string of the molecule is CCCN1/C(=C\C=C2/CCCC(/C=C/C3=[N+](CCC)c4ccccc4C3(C)C)=C2Cl)C(C)(C)c2ccccc21.[I-].[I-]. The average Bonchev–Trinajstić information content (AvgIpc) is 3.27. The third-order valence-electron chi connectivity index (χ3n) is 8.83. The van der Waals surface area contributed by atoms with Crippen molar-refractivity contribution in [2.24, 2.45) is 0 Å². The monoisotopic (exact) mass is 793 g/mol. The highest BCUT2D eigenvalue weighted by molar-refractivity contribution is 6.32. The molecule has 0 spiro atoms. The number of anilines is 1. The van der Waals surface area contributed by atoms with Gasteiger partial charge in [-0.15, -0.1) is 0 Å². The van der Waals surface area contributed by atoms with Gasteiger partial charge in [0.25, 0.3) is 0 Å². The second kappa shape index (κ2) is 13.9. The number of benzene rings is 2. The van der Waals surface area contributed by atoms with Gasteiger partial charge in [0.05, 0.1) is 5.41 Å². The summed E-state index contributed by atoms with van der Waals surface area (Å²) < 4.78 is 2.51. The molecule has 2 heterocycles. The number of nitrogens with zero attached hydrogens (tertiary/aromatic N) is 2. The fourth-order valence-electron chi connectivity index (χ4n) is 6.78. The maximum Gasteiger partial charge on any atom is 0.209 e. The molecule has 1 aliphatic carbocycles. The lowest BCUT2D eigenvalue weighted by Gasteiger charge is -2.27. The molecule has 220 valence electrons. The fraction of sp³-hybridized carbons (Fsp3) is 0.417. The van der Waals surface area contributed by atoms with Gasteiger partial charge in [0.15, 0.2) is 5.71 Å². The molecule has 3 aliphatic rings. The summed E-state index contributed by atoms with van der Waals surface area (Å²) in [6, 6.07) is 17.7. The maximum absolute atomic E-state index is 7.13. The number of allylic oxidation sites excluding steroid dienone is 8. The summed E-state index contributed by atoms with van der Waals surface area (Å²) in [5.74, 6) is 0. The van der Waals surface area contributed by atoms with E-state index in [1.54, 1.807) is 0 Å². The molecular weight excluding hydrogens is 750 g/mol. The third kappa shape index (κ3) is 6.31. The molecule has 5 heteroatoms. The van der Waals surface area contributed by atoms with E-state index < -0.39 is 0 Å². The normalized spacial score (nSPS) is 20.9. The summed E-state index contributed by atoms with van der Waals surface area (Å²) in [6.45, 7) is 16.0. The molecular formula is C36H44ClI2N2-. The Kier molecular flexibility index (Phi) is 11.6. The third-order valence-corrected chi connectivity index (χ3v) is 9.32. The Bertz CT molecular complexity index is 1420. The van der Waals surface area contributed by atoms with Crippen molar-refractivity contribution in [1.29, 1.82) is 0 Å². The molecule has 0 amide bonds. The van der Waals surface area contributed by atoms with E-state index in [1.807, 2.05) is 0 Å². The molecule has 2 nitrogen and oxygen atoms in total. The molecule has 0 N–H and O–H groups in total. The summed E-state index contributed by atoms with van der Waals surface area (Å²) in [6.07, 6.45) is 14.7. The van der Waals surface area contributed by atoms with E-state index in [-0.39, 0.29) is 58.8 Å². The molecule has 41 heavy (non-hydrogen) atoms. The van der Waals surface area contributed by atoms with E-state index in [0.29, 0.717) is 0 Å². The number of hydrogen-bond donors (Lipinski definition) is 0. The molecule has 0 radical (unpaired) electrons. The lowest BCUT2D eigenvalue weighted by atomic mass is 9.81. The van der Waals surface area contributed by atoms with Crippen LogP contribution in [0.3, 0.4) is 0 Å². The van der Waals surface area contributed by atoms with Gasteiger partial charge in [-0.2, -0.15) is 4.58 Å². The van der Waals surface area contributed by atoms with Crippen LogP contribution in [0.5, 0.6) is 0 Å². The van der Waals surface area contributed by atoms with Gasteiger partial charge < -0.3 is 52.9 Å². The van der Waals surface area contributed by atoms with Crippen LogP contribution in [0.4, 0.5) is 11.4 Å². The maximum atomic E-state index is 7.13. The average molecular weight is 794 g/mol. The molecule has 2 aromatic rings. The smallest absolute Gasteiger partial charge is 0.209 e. The minimum absolute atomic E-state index is 0. The zero-order chi connectivity index (χ0) is 27.8. The Balaban J connectivity index is 0.00000231. The largest absolute Gasteiger partial charge is 1.00 e. The van der Waals surface area contributed by atoms with Crippen molar-refractivity contribution >= 4 is 28.7 Å². The molecule has 0 bridgehead atoms. The van der Waals surface area contributed by atoms with Crippen LogP contribution in [0.25, 0.3) is 0 Å². The first kappa shape index (κ1) is 34.1. The van der Waals surface area contributed by atoms with Crippen LogP contribution in [-0.2, 0) is 10.8 Å². The van der Waals surface area contributed by atoms with Crippen LogP contribution in [0.2, 0.25) is 0 Å². The van der Waals surface area contributed by atoms with Crippen LogP contribution < -0.4 is 52.9 Å². The minimum atomic E-state index is -0.0289. The zero-order valence-corrected chi connectivity index (χ0v) is 30.5. The molecule has 2 aliphatic heterocycles. The number of fused-ring (bicyclic) bond motifs is 2. The van der Waals surface area contributed by atoms with E-state index in [2.05, 4.69) is 124 Å². The van der Waals surface area contributed by atoms with Gasteiger partial charge in [-0.05, 0) is 68.4 Å². The van der Waals surface area contributed by atoms with Crippen molar-refractivity contribution in [2.75, 3.05) is 18.0 Å². The zero-order valence-electron chi connectivity index (χ0n) is 25.4. The lowest BCUT2D eigenvalue weighted by Crippen LogP contribution is -3.00. The van der Waals surface area contributed by atoms with E-state index in [9.17, 15) is 0 Å². The molecule has 0 aromatic heterocycles. The number of para-hydroxylation sites is 2. The van der Waals surface area contributed by atoms with Gasteiger partial charge in [-0.25, -0.2) is 0 Å². The van der Waals surface area contributed by atoms with Gasteiger partial charge in [0, 0.05) is 52.5 Å². The van der Waals surface area contributed by atoms with Crippen molar-refractivity contribution < 1.29 is 52.5 Å². The Hall–Kier alpha value is -1.38. The molecule has 0 atom stereocenters. The highest BCUT2D eigenvalue weighted by Gasteiger charge is 2.44. The van der Waals surface area contributed by atoms with Gasteiger partial charge in [0.1, 0.15) is 6.54 Å². The predicted molar refractivity (Wildman–Crippen MR) is 169 cm³/mol. The standard InChI is InChI=1S/C36H44ClN2.2HI/c1-7-24-38-30-18-11-9-16-28(30)35(3,4)32(38)22-20-26-14-13-15-27(34(26)37)21-23-33-36(5,6)29-17-10-12-19-31(29)39(33)25-8-2;;/h9-12,16-23H,7-8,13-15,24-25H2,1-6H3;2*1H/q+1;;/p-2. The minimum Gasteiger partial charge on any atom is -1.00 e. The van der Waals surface area contributed by atoms with Gasteiger partial charge in [0.2, 0.25) is 5.69 Å². The van der Waals surface area contributed by atoms with Gasteiger partial charge in [-0.3, -0.25) is 0 Å².